The third-order valence-corrected chi connectivity index (χ3v) is 3.29. The van der Waals surface area contributed by atoms with Gasteiger partial charge >= 0.3 is 6.03 Å². The number of rotatable bonds is 2. The van der Waals surface area contributed by atoms with Crippen LogP contribution in [0.4, 0.5) is 21.9 Å². The van der Waals surface area contributed by atoms with Crippen molar-refractivity contribution in [3.8, 4) is 0 Å². The van der Waals surface area contributed by atoms with Crippen LogP contribution >= 0.6 is 11.6 Å². The number of anilines is 3. The number of carbonyl (C=O) groups excluding carboxylic acids is 1. The molecule has 0 aliphatic carbocycles. The second kappa shape index (κ2) is 5.84. The molecule has 0 spiro atoms. The minimum atomic E-state index is -0.359. The van der Waals surface area contributed by atoms with Crippen LogP contribution in [0.2, 0.25) is 5.02 Å². The van der Waals surface area contributed by atoms with Gasteiger partial charge in [-0.25, -0.2) is 4.79 Å². The van der Waals surface area contributed by atoms with Crippen molar-refractivity contribution >= 4 is 34.7 Å². The first-order valence-electron chi connectivity index (χ1n) is 6.16. The molecule has 0 aliphatic rings. The van der Waals surface area contributed by atoms with Gasteiger partial charge in [-0.15, -0.1) is 0 Å². The number of nitrogen functional groups attached to an aromatic ring is 1. The van der Waals surface area contributed by atoms with Crippen LogP contribution < -0.4 is 16.4 Å². The number of hydrogen-bond acceptors (Lipinski definition) is 2. The van der Waals surface area contributed by atoms with Gasteiger partial charge in [0, 0.05) is 10.7 Å². The van der Waals surface area contributed by atoms with Gasteiger partial charge < -0.3 is 16.4 Å². The third kappa shape index (κ3) is 3.42. The molecule has 5 heteroatoms. The molecule has 4 N–H and O–H groups in total. The SMILES string of the molecule is Cc1ccc(N)c(NC(=O)Nc2ccc(C)c(Cl)c2)c1. The van der Waals surface area contributed by atoms with E-state index in [2.05, 4.69) is 10.6 Å². The molecular weight excluding hydrogens is 274 g/mol. The second-order valence-electron chi connectivity index (χ2n) is 4.63. The number of nitrogens with one attached hydrogen (secondary N) is 2. The molecule has 4 nitrogen and oxygen atoms in total. The lowest BCUT2D eigenvalue weighted by atomic mass is 10.2. The summed E-state index contributed by atoms with van der Waals surface area (Å²) in [6.07, 6.45) is 0. The van der Waals surface area contributed by atoms with Crippen LogP contribution in [0.15, 0.2) is 36.4 Å². The molecule has 2 rings (SSSR count). The van der Waals surface area contributed by atoms with Crippen LogP contribution in [0.3, 0.4) is 0 Å². The molecular formula is C15H16ClN3O. The highest BCUT2D eigenvalue weighted by molar-refractivity contribution is 6.31. The van der Waals surface area contributed by atoms with Crippen LogP contribution in [0.5, 0.6) is 0 Å². The standard InChI is InChI=1S/C15H16ClN3O/c1-9-3-6-13(17)14(7-9)19-15(20)18-11-5-4-10(2)12(16)8-11/h3-8H,17H2,1-2H3,(H2,18,19,20). The molecule has 20 heavy (non-hydrogen) atoms. The van der Waals surface area contributed by atoms with Crippen molar-refractivity contribution < 1.29 is 4.79 Å². The van der Waals surface area contributed by atoms with E-state index in [1.54, 1.807) is 18.2 Å². The minimum absolute atomic E-state index is 0.359. The number of benzene rings is 2. The maximum atomic E-state index is 11.9. The largest absolute Gasteiger partial charge is 0.397 e. The molecule has 0 aliphatic heterocycles. The number of nitrogens with two attached hydrogens (primary N) is 1. The fourth-order valence-corrected chi connectivity index (χ4v) is 1.91. The maximum absolute atomic E-state index is 11.9. The monoisotopic (exact) mass is 289 g/mol. The van der Waals surface area contributed by atoms with Crippen molar-refractivity contribution in [2.75, 3.05) is 16.4 Å². The van der Waals surface area contributed by atoms with Gasteiger partial charge in [-0.3, -0.25) is 0 Å². The first-order chi connectivity index (χ1) is 9.45. The molecule has 0 saturated heterocycles. The summed E-state index contributed by atoms with van der Waals surface area (Å²) >= 11 is 6.01. The van der Waals surface area contributed by atoms with Gasteiger partial charge in [-0.1, -0.05) is 23.7 Å². The highest BCUT2D eigenvalue weighted by Gasteiger charge is 2.06. The Balaban J connectivity index is 2.09. The fraction of sp³-hybridized carbons (Fsp3) is 0.133. The fourth-order valence-electron chi connectivity index (χ4n) is 1.73. The van der Waals surface area contributed by atoms with Gasteiger partial charge in [0.15, 0.2) is 0 Å². The van der Waals surface area contributed by atoms with Gasteiger partial charge in [0.05, 0.1) is 11.4 Å². The summed E-state index contributed by atoms with van der Waals surface area (Å²) in [6, 6.07) is 10.4. The summed E-state index contributed by atoms with van der Waals surface area (Å²) in [7, 11) is 0. The van der Waals surface area contributed by atoms with E-state index in [0.717, 1.165) is 11.1 Å². The van der Waals surface area contributed by atoms with Gasteiger partial charge in [0.1, 0.15) is 0 Å². The normalized spacial score (nSPS) is 10.2. The van der Waals surface area contributed by atoms with E-state index in [4.69, 9.17) is 17.3 Å². The van der Waals surface area contributed by atoms with E-state index in [0.29, 0.717) is 22.1 Å². The van der Waals surface area contributed by atoms with Crippen LogP contribution in [-0.4, -0.2) is 6.03 Å². The zero-order valence-corrected chi connectivity index (χ0v) is 12.1. The van der Waals surface area contributed by atoms with Crippen LogP contribution in [-0.2, 0) is 0 Å². The van der Waals surface area contributed by atoms with Gasteiger partial charge in [0.25, 0.3) is 0 Å². The van der Waals surface area contributed by atoms with Crippen molar-refractivity contribution in [3.63, 3.8) is 0 Å². The van der Waals surface area contributed by atoms with E-state index in [9.17, 15) is 4.79 Å². The molecule has 0 heterocycles. The summed E-state index contributed by atoms with van der Waals surface area (Å²) in [5.74, 6) is 0. The molecule has 0 bridgehead atoms. The lowest BCUT2D eigenvalue weighted by molar-refractivity contribution is 0.262. The molecule has 104 valence electrons. The number of amides is 2. The first kappa shape index (κ1) is 14.2. The van der Waals surface area contributed by atoms with Crippen LogP contribution in [0.1, 0.15) is 11.1 Å². The number of halogens is 1. The molecule has 0 aromatic heterocycles. The van der Waals surface area contributed by atoms with E-state index >= 15 is 0 Å². The summed E-state index contributed by atoms with van der Waals surface area (Å²) in [5.41, 5.74) is 9.53. The Hall–Kier alpha value is -2.20. The van der Waals surface area contributed by atoms with Crippen molar-refractivity contribution in [2.24, 2.45) is 0 Å². The lowest BCUT2D eigenvalue weighted by Crippen LogP contribution is -2.20. The molecule has 2 aromatic carbocycles. The smallest absolute Gasteiger partial charge is 0.323 e. The topological polar surface area (TPSA) is 67.1 Å². The van der Waals surface area contributed by atoms with E-state index in [1.807, 2.05) is 32.0 Å². The number of urea groups is 1. The highest BCUT2D eigenvalue weighted by atomic mass is 35.5. The van der Waals surface area contributed by atoms with Gasteiger partial charge in [0.2, 0.25) is 0 Å². The second-order valence-corrected chi connectivity index (χ2v) is 5.04. The quantitative estimate of drug-likeness (QED) is 0.726. The first-order valence-corrected chi connectivity index (χ1v) is 6.54. The number of aryl methyl sites for hydroxylation is 2. The summed E-state index contributed by atoms with van der Waals surface area (Å²) in [6.45, 7) is 3.84. The third-order valence-electron chi connectivity index (χ3n) is 2.89. The van der Waals surface area contributed by atoms with Crippen molar-refractivity contribution in [1.82, 2.24) is 0 Å². The molecule has 2 aromatic rings. The van der Waals surface area contributed by atoms with E-state index in [1.165, 1.54) is 0 Å². The molecule has 0 unspecified atom stereocenters. The number of carbonyl (C=O) groups is 1. The van der Waals surface area contributed by atoms with Crippen molar-refractivity contribution in [2.45, 2.75) is 13.8 Å². The zero-order valence-electron chi connectivity index (χ0n) is 11.3. The van der Waals surface area contributed by atoms with E-state index < -0.39 is 0 Å². The maximum Gasteiger partial charge on any atom is 0.323 e. The van der Waals surface area contributed by atoms with Crippen molar-refractivity contribution in [3.05, 3.63) is 52.5 Å². The molecule has 0 atom stereocenters. The highest BCUT2D eigenvalue weighted by Crippen LogP contribution is 2.22. The van der Waals surface area contributed by atoms with Gasteiger partial charge in [-0.2, -0.15) is 0 Å². The lowest BCUT2D eigenvalue weighted by Gasteiger charge is -2.11. The zero-order chi connectivity index (χ0) is 14.7. The van der Waals surface area contributed by atoms with Crippen LogP contribution in [0.25, 0.3) is 0 Å². The number of hydrogen-bond donors (Lipinski definition) is 3. The Morgan fingerprint density at radius 2 is 1.85 bits per heavy atom. The average molecular weight is 290 g/mol. The van der Waals surface area contributed by atoms with Crippen LogP contribution in [0, 0.1) is 13.8 Å². The minimum Gasteiger partial charge on any atom is -0.397 e. The summed E-state index contributed by atoms with van der Waals surface area (Å²) < 4.78 is 0. The molecule has 0 fully saturated rings. The Bertz CT molecular complexity index is 656. The van der Waals surface area contributed by atoms with Crippen molar-refractivity contribution in [1.29, 1.82) is 0 Å². The Labute approximate surface area is 122 Å². The molecule has 0 radical (unpaired) electrons. The Kier molecular flexibility index (Phi) is 4.15. The average Bonchev–Trinajstić information content (AvgIpc) is 2.38. The van der Waals surface area contributed by atoms with E-state index in [-0.39, 0.29) is 6.03 Å². The Morgan fingerprint density at radius 1 is 1.10 bits per heavy atom. The molecule has 2 amide bonds. The van der Waals surface area contributed by atoms with Gasteiger partial charge in [-0.05, 0) is 49.2 Å². The Morgan fingerprint density at radius 3 is 2.55 bits per heavy atom. The summed E-state index contributed by atoms with van der Waals surface area (Å²) in [4.78, 5) is 11.9. The predicted molar refractivity (Wildman–Crippen MR) is 84.4 cm³/mol. The molecule has 0 saturated carbocycles. The predicted octanol–water partition coefficient (Wildman–Crippen LogP) is 4.18. The summed E-state index contributed by atoms with van der Waals surface area (Å²) in [5, 5.41) is 6.04.